The maximum atomic E-state index is 14.2. The topological polar surface area (TPSA) is 72.5 Å². The van der Waals surface area contributed by atoms with E-state index in [0.29, 0.717) is 18.8 Å². The third kappa shape index (κ3) is 2.88. The summed E-state index contributed by atoms with van der Waals surface area (Å²) in [6.45, 7) is 0. The molecule has 2 aliphatic rings. The number of benzene rings is 1. The zero-order chi connectivity index (χ0) is 15.2. The molecule has 0 aromatic heterocycles. The highest BCUT2D eigenvalue weighted by Gasteiger charge is 2.37. The molecule has 114 valence electrons. The molecule has 0 bridgehead atoms. The molecule has 0 spiro atoms. The smallest absolute Gasteiger partial charge is 0.267 e. The predicted octanol–water partition coefficient (Wildman–Crippen LogP) is 1.93. The lowest BCUT2D eigenvalue weighted by Gasteiger charge is -2.11. The molecule has 21 heavy (non-hydrogen) atoms. The second-order valence-electron chi connectivity index (χ2n) is 5.53. The van der Waals surface area contributed by atoms with Crippen LogP contribution in [0.15, 0.2) is 12.1 Å². The molecule has 2 aliphatic carbocycles. The van der Waals surface area contributed by atoms with Crippen LogP contribution >= 0.6 is 0 Å². The van der Waals surface area contributed by atoms with Crippen molar-refractivity contribution in [3.8, 4) is 5.75 Å². The molecule has 2 saturated carbocycles. The van der Waals surface area contributed by atoms with Crippen LogP contribution in [0.1, 0.15) is 47.5 Å². The van der Waals surface area contributed by atoms with E-state index in [1.165, 1.54) is 13.2 Å². The minimum atomic E-state index is -3.70. The van der Waals surface area contributed by atoms with Crippen LogP contribution in [0.3, 0.4) is 0 Å². The Morgan fingerprint density at radius 2 is 1.95 bits per heavy atom. The van der Waals surface area contributed by atoms with E-state index in [-0.39, 0.29) is 11.3 Å². The minimum Gasteiger partial charge on any atom is -0.494 e. The Labute approximate surface area is 122 Å². The van der Waals surface area contributed by atoms with Gasteiger partial charge in [-0.15, -0.1) is 0 Å². The van der Waals surface area contributed by atoms with E-state index in [9.17, 15) is 17.6 Å². The van der Waals surface area contributed by atoms with Crippen molar-refractivity contribution in [2.24, 2.45) is 0 Å². The van der Waals surface area contributed by atoms with E-state index < -0.39 is 27.0 Å². The number of rotatable bonds is 5. The number of hydrogen-bond donors (Lipinski definition) is 1. The first kappa shape index (κ1) is 14.3. The Morgan fingerprint density at radius 1 is 1.29 bits per heavy atom. The van der Waals surface area contributed by atoms with Crippen LogP contribution in [0.2, 0.25) is 0 Å². The van der Waals surface area contributed by atoms with Gasteiger partial charge in [0.1, 0.15) is 0 Å². The number of carbonyl (C=O) groups is 1. The SMILES string of the molecule is COc1cc(C2CC2)cc(C(=O)NS(=O)(=O)C2CC2)c1F. The molecule has 3 rings (SSSR count). The molecule has 1 aromatic carbocycles. The van der Waals surface area contributed by atoms with Gasteiger partial charge in [-0.05, 0) is 49.3 Å². The Hall–Kier alpha value is -1.63. The van der Waals surface area contributed by atoms with Gasteiger partial charge in [-0.1, -0.05) is 0 Å². The summed E-state index contributed by atoms with van der Waals surface area (Å²) < 4.78 is 44.7. The first-order chi connectivity index (χ1) is 9.92. The highest BCUT2D eigenvalue weighted by atomic mass is 32.2. The van der Waals surface area contributed by atoms with Gasteiger partial charge in [0.15, 0.2) is 11.6 Å². The van der Waals surface area contributed by atoms with Crippen LogP contribution in [-0.4, -0.2) is 26.7 Å². The highest BCUT2D eigenvalue weighted by Crippen LogP contribution is 2.42. The van der Waals surface area contributed by atoms with Crippen LogP contribution in [0.5, 0.6) is 5.75 Å². The van der Waals surface area contributed by atoms with Crippen molar-refractivity contribution in [3.05, 3.63) is 29.1 Å². The van der Waals surface area contributed by atoms with E-state index in [1.807, 2.05) is 4.72 Å². The van der Waals surface area contributed by atoms with E-state index in [0.717, 1.165) is 18.4 Å². The first-order valence-electron chi connectivity index (χ1n) is 6.86. The van der Waals surface area contributed by atoms with Gasteiger partial charge in [0, 0.05) is 0 Å². The van der Waals surface area contributed by atoms with Gasteiger partial charge in [-0.25, -0.2) is 17.5 Å². The molecule has 0 radical (unpaired) electrons. The zero-order valence-electron chi connectivity index (χ0n) is 11.6. The number of halogens is 1. The number of ether oxygens (including phenoxy) is 1. The lowest BCUT2D eigenvalue weighted by Crippen LogP contribution is -2.33. The van der Waals surface area contributed by atoms with Crippen molar-refractivity contribution < 1.29 is 22.3 Å². The van der Waals surface area contributed by atoms with E-state index in [1.54, 1.807) is 6.07 Å². The fourth-order valence-corrected chi connectivity index (χ4v) is 3.52. The maximum Gasteiger partial charge on any atom is 0.267 e. The van der Waals surface area contributed by atoms with E-state index >= 15 is 0 Å². The average Bonchev–Trinajstić information content (AvgIpc) is 3.30. The van der Waals surface area contributed by atoms with Crippen LogP contribution in [-0.2, 0) is 10.0 Å². The van der Waals surface area contributed by atoms with Crippen LogP contribution in [0.4, 0.5) is 4.39 Å². The fourth-order valence-electron chi connectivity index (χ4n) is 2.23. The monoisotopic (exact) mass is 313 g/mol. The summed E-state index contributed by atoms with van der Waals surface area (Å²) >= 11 is 0. The van der Waals surface area contributed by atoms with Gasteiger partial charge in [0.25, 0.3) is 5.91 Å². The van der Waals surface area contributed by atoms with Gasteiger partial charge in [0.2, 0.25) is 10.0 Å². The molecule has 0 heterocycles. The van der Waals surface area contributed by atoms with Crippen molar-refractivity contribution in [1.29, 1.82) is 0 Å². The summed E-state index contributed by atoms with van der Waals surface area (Å²) in [6.07, 6.45) is 3.04. The third-order valence-electron chi connectivity index (χ3n) is 3.77. The fraction of sp³-hybridized carbons (Fsp3) is 0.500. The van der Waals surface area contributed by atoms with E-state index in [2.05, 4.69) is 0 Å². The van der Waals surface area contributed by atoms with Gasteiger partial charge < -0.3 is 4.74 Å². The Bertz CT molecular complexity index is 693. The number of amides is 1. The molecule has 5 nitrogen and oxygen atoms in total. The summed E-state index contributed by atoms with van der Waals surface area (Å²) in [5, 5.41) is -0.530. The summed E-state index contributed by atoms with van der Waals surface area (Å²) in [7, 11) is -2.38. The zero-order valence-corrected chi connectivity index (χ0v) is 12.4. The molecule has 7 heteroatoms. The van der Waals surface area contributed by atoms with Gasteiger partial charge in [-0.3, -0.25) is 4.79 Å². The maximum absolute atomic E-state index is 14.2. The highest BCUT2D eigenvalue weighted by molar-refractivity contribution is 7.91. The van der Waals surface area contributed by atoms with Gasteiger partial charge in [0.05, 0.1) is 17.9 Å². The number of hydrogen-bond acceptors (Lipinski definition) is 4. The van der Waals surface area contributed by atoms with Crippen molar-refractivity contribution >= 4 is 15.9 Å². The summed E-state index contributed by atoms with van der Waals surface area (Å²) in [5.41, 5.74) is 0.530. The predicted molar refractivity (Wildman–Crippen MR) is 74.3 cm³/mol. The van der Waals surface area contributed by atoms with E-state index in [4.69, 9.17) is 4.74 Å². The molecule has 0 aliphatic heterocycles. The van der Waals surface area contributed by atoms with Crippen LogP contribution < -0.4 is 9.46 Å². The van der Waals surface area contributed by atoms with Crippen molar-refractivity contribution in [2.45, 2.75) is 36.9 Å². The molecule has 2 fully saturated rings. The molecule has 1 amide bonds. The Morgan fingerprint density at radius 3 is 2.48 bits per heavy atom. The number of sulfonamides is 1. The van der Waals surface area contributed by atoms with Crippen LogP contribution in [0, 0.1) is 5.82 Å². The van der Waals surface area contributed by atoms with Crippen LogP contribution in [0.25, 0.3) is 0 Å². The summed E-state index contributed by atoms with van der Waals surface area (Å²) in [6, 6.07) is 2.99. The summed E-state index contributed by atoms with van der Waals surface area (Å²) in [4.78, 5) is 12.1. The molecule has 0 unspecified atom stereocenters. The first-order valence-corrected chi connectivity index (χ1v) is 8.40. The molecular weight excluding hydrogens is 297 g/mol. The second-order valence-corrected chi connectivity index (χ2v) is 7.50. The van der Waals surface area contributed by atoms with Gasteiger partial charge >= 0.3 is 0 Å². The molecule has 1 aromatic rings. The molecule has 0 atom stereocenters. The lowest BCUT2D eigenvalue weighted by molar-refractivity contribution is 0.0976. The molecular formula is C14H16FNO4S. The summed E-state index contributed by atoms with van der Waals surface area (Å²) in [5.74, 6) is -1.50. The number of carbonyl (C=O) groups excluding carboxylic acids is 1. The second kappa shape index (κ2) is 4.98. The largest absolute Gasteiger partial charge is 0.494 e. The third-order valence-corrected chi connectivity index (χ3v) is 5.59. The van der Waals surface area contributed by atoms with Crippen molar-refractivity contribution in [1.82, 2.24) is 4.72 Å². The quantitative estimate of drug-likeness (QED) is 0.901. The number of nitrogens with one attached hydrogen (secondary N) is 1. The van der Waals surface area contributed by atoms with Crippen molar-refractivity contribution in [3.63, 3.8) is 0 Å². The van der Waals surface area contributed by atoms with Crippen molar-refractivity contribution in [2.75, 3.05) is 7.11 Å². The Kier molecular flexibility index (Phi) is 3.39. The average molecular weight is 313 g/mol. The van der Waals surface area contributed by atoms with Gasteiger partial charge in [-0.2, -0.15) is 0 Å². The molecule has 0 saturated heterocycles. The Balaban J connectivity index is 1.92. The standard InChI is InChI=1S/C14H16FNO4S/c1-20-12-7-9(8-2-3-8)6-11(13(12)15)14(17)16-21(18,19)10-4-5-10/h6-8,10H,2-5H2,1H3,(H,16,17). The number of methoxy groups -OCH3 is 1. The normalized spacial score (nSPS) is 18.4. The minimum absolute atomic E-state index is 0.0339. The molecule has 1 N–H and O–H groups in total. The lowest BCUT2D eigenvalue weighted by atomic mass is 10.1.